The number of rotatable bonds is 7. The molecule has 0 atom stereocenters. The van der Waals surface area contributed by atoms with E-state index in [4.69, 9.17) is 4.98 Å². The van der Waals surface area contributed by atoms with Crippen LogP contribution in [-0.2, 0) is 5.41 Å². The van der Waals surface area contributed by atoms with Gasteiger partial charge in [-0.25, -0.2) is 4.98 Å². The number of hydrogen-bond donors (Lipinski definition) is 0. The average Bonchev–Trinajstić information content (AvgIpc) is 4.21. The molecule has 0 unspecified atom stereocenters. The van der Waals surface area contributed by atoms with Crippen LogP contribution in [0.1, 0.15) is 22.3 Å². The molecule has 3 heteroatoms. The summed E-state index contributed by atoms with van der Waals surface area (Å²) in [6, 6.07) is 105. The van der Waals surface area contributed by atoms with Crippen molar-refractivity contribution < 1.29 is 0 Å². The fourth-order valence-corrected chi connectivity index (χ4v) is 12.5. The van der Waals surface area contributed by atoms with Crippen molar-refractivity contribution >= 4 is 38.9 Å². The number of pyridine rings is 1. The van der Waals surface area contributed by atoms with Gasteiger partial charge >= 0.3 is 0 Å². The van der Waals surface area contributed by atoms with E-state index in [1.807, 2.05) is 0 Å². The van der Waals surface area contributed by atoms with E-state index in [0.717, 1.165) is 67.4 Å². The highest BCUT2D eigenvalue weighted by Gasteiger charge is 2.51. The number of aromatic nitrogens is 2. The molecule has 0 N–H and O–H groups in total. The van der Waals surface area contributed by atoms with Gasteiger partial charge in [-0.1, -0.05) is 224 Å². The summed E-state index contributed by atoms with van der Waals surface area (Å²) in [7, 11) is 0. The molecule has 1 aliphatic carbocycles. The lowest BCUT2D eigenvalue weighted by Crippen LogP contribution is -2.36. The molecule has 3 nitrogen and oxygen atoms in total. The third kappa shape index (κ3) is 6.72. The first-order chi connectivity index (χ1) is 37.2. The quantitative estimate of drug-likeness (QED) is 0.159. The monoisotopic (exact) mass is 953 g/mol. The Balaban J connectivity index is 0.973. The fourth-order valence-electron chi connectivity index (χ4n) is 12.5. The van der Waals surface area contributed by atoms with Gasteiger partial charge in [0.2, 0.25) is 0 Å². The first kappa shape index (κ1) is 42.8. The van der Waals surface area contributed by atoms with E-state index in [1.54, 1.807) is 0 Å². The van der Waals surface area contributed by atoms with Gasteiger partial charge in [0.25, 0.3) is 0 Å². The molecule has 13 aromatic rings. The molecule has 0 saturated heterocycles. The Labute approximate surface area is 436 Å². The van der Waals surface area contributed by atoms with Crippen molar-refractivity contribution in [3.8, 4) is 72.7 Å². The molecule has 350 valence electrons. The van der Waals surface area contributed by atoms with Crippen molar-refractivity contribution in [2.45, 2.75) is 5.41 Å². The molecule has 15 rings (SSSR count). The van der Waals surface area contributed by atoms with Crippen molar-refractivity contribution in [1.82, 2.24) is 9.55 Å². The molecule has 3 heterocycles. The highest BCUT2D eigenvalue weighted by molar-refractivity contribution is 6.11. The molecule has 11 aromatic carbocycles. The second-order valence-corrected chi connectivity index (χ2v) is 19.8. The molecule has 0 radical (unpaired) electrons. The summed E-state index contributed by atoms with van der Waals surface area (Å²) in [5, 5.41) is 2.36. The number of benzene rings is 11. The topological polar surface area (TPSA) is 21.1 Å². The number of para-hydroxylation sites is 2. The molecular weight excluding hydrogens is 907 g/mol. The summed E-state index contributed by atoms with van der Waals surface area (Å²) in [6.07, 6.45) is 0. The minimum atomic E-state index is -0.565. The average molecular weight is 954 g/mol. The van der Waals surface area contributed by atoms with Crippen molar-refractivity contribution in [2.75, 3.05) is 4.90 Å². The summed E-state index contributed by atoms with van der Waals surface area (Å²) in [4.78, 5) is 7.98. The summed E-state index contributed by atoms with van der Waals surface area (Å²) >= 11 is 0. The lowest BCUT2D eigenvalue weighted by Gasteiger charge is -2.45. The molecule has 2 aliphatic rings. The summed E-state index contributed by atoms with van der Waals surface area (Å²) < 4.78 is 2.35. The Bertz CT molecular complexity index is 4190. The Morgan fingerprint density at radius 3 is 1.40 bits per heavy atom. The Hall–Kier alpha value is -9.83. The van der Waals surface area contributed by atoms with Crippen LogP contribution in [0.3, 0.4) is 0 Å². The van der Waals surface area contributed by atoms with Gasteiger partial charge in [-0.3, -0.25) is 4.57 Å². The SMILES string of the molecule is c1ccc(-c2cc(-c3ccccc3)cc(N3c4ccccc4C4(c5ccccc5-c5ccccc54)c4ccc(-c5ccc6c(c5)c5ccccc5n6-c5cc(-c6ccccc6)cc(-c6ccccc6)n5)cc43)c2)cc1. The molecule has 1 spiro atoms. The van der Waals surface area contributed by atoms with Crippen LogP contribution in [0.4, 0.5) is 17.1 Å². The standard InChI is InChI=1S/C72H47N3/c1-5-21-48(22-6-1)54-41-55(49-23-7-2-8-24-49)43-57(42-54)74-69-36-20-18-34-64(69)72(62-32-16-13-29-58(62)59-30-14-17-33-63(59)72)65-39-37-53(46-70(65)74)52-38-40-68-61(44-52)60-31-15-19-35-67(60)75(68)71-47-56(50-25-9-3-10-26-50)45-66(73-71)51-27-11-4-12-28-51/h1-47H. The molecule has 0 amide bonds. The first-order valence-electron chi connectivity index (χ1n) is 25.9. The van der Waals surface area contributed by atoms with Crippen molar-refractivity contribution in [3.05, 3.63) is 307 Å². The van der Waals surface area contributed by atoms with Crippen molar-refractivity contribution in [2.24, 2.45) is 0 Å². The number of hydrogen-bond acceptors (Lipinski definition) is 2. The second kappa shape index (κ2) is 17.2. The molecule has 0 bridgehead atoms. The molecule has 75 heavy (non-hydrogen) atoms. The summed E-state index contributed by atoms with van der Waals surface area (Å²) in [6.45, 7) is 0. The van der Waals surface area contributed by atoms with E-state index in [2.05, 4.69) is 295 Å². The van der Waals surface area contributed by atoms with Crippen LogP contribution in [0.25, 0.3) is 94.5 Å². The van der Waals surface area contributed by atoms with Crippen molar-refractivity contribution in [3.63, 3.8) is 0 Å². The fraction of sp³-hybridized carbons (Fsp3) is 0.0139. The highest BCUT2D eigenvalue weighted by atomic mass is 15.2. The van der Waals surface area contributed by atoms with E-state index >= 15 is 0 Å². The van der Waals surface area contributed by atoms with E-state index < -0.39 is 5.41 Å². The molecule has 0 fully saturated rings. The van der Waals surface area contributed by atoms with E-state index in [1.165, 1.54) is 66.4 Å². The van der Waals surface area contributed by atoms with Crippen LogP contribution < -0.4 is 4.90 Å². The largest absolute Gasteiger partial charge is 0.310 e. The summed E-state index contributed by atoms with van der Waals surface area (Å²) in [5.41, 5.74) is 24.1. The Morgan fingerprint density at radius 2 is 0.760 bits per heavy atom. The van der Waals surface area contributed by atoms with Gasteiger partial charge in [-0.2, -0.15) is 0 Å². The predicted octanol–water partition coefficient (Wildman–Crippen LogP) is 18.7. The van der Waals surface area contributed by atoms with Crippen LogP contribution in [0.2, 0.25) is 0 Å². The van der Waals surface area contributed by atoms with Crippen LogP contribution in [0.15, 0.2) is 285 Å². The third-order valence-corrected chi connectivity index (χ3v) is 15.8. The van der Waals surface area contributed by atoms with Crippen LogP contribution in [0.5, 0.6) is 0 Å². The minimum Gasteiger partial charge on any atom is -0.310 e. The van der Waals surface area contributed by atoms with E-state index in [0.29, 0.717) is 0 Å². The van der Waals surface area contributed by atoms with Gasteiger partial charge < -0.3 is 4.90 Å². The van der Waals surface area contributed by atoms with E-state index in [9.17, 15) is 0 Å². The molecule has 1 aliphatic heterocycles. The Kier molecular flexibility index (Phi) is 9.79. The maximum absolute atomic E-state index is 5.43. The van der Waals surface area contributed by atoms with Gasteiger partial charge in [0, 0.05) is 22.0 Å². The molecule has 0 saturated carbocycles. The second-order valence-electron chi connectivity index (χ2n) is 19.8. The van der Waals surface area contributed by atoms with Crippen LogP contribution in [-0.4, -0.2) is 9.55 Å². The minimum absolute atomic E-state index is 0.565. The first-order valence-corrected chi connectivity index (χ1v) is 25.9. The zero-order valence-electron chi connectivity index (χ0n) is 41.0. The highest BCUT2D eigenvalue weighted by Crippen LogP contribution is 2.64. The normalized spacial score (nSPS) is 12.9. The molecular formula is C72H47N3. The van der Waals surface area contributed by atoms with Crippen LogP contribution >= 0.6 is 0 Å². The zero-order chi connectivity index (χ0) is 49.5. The van der Waals surface area contributed by atoms with Crippen LogP contribution in [0, 0.1) is 0 Å². The smallest absolute Gasteiger partial charge is 0.138 e. The number of fused-ring (bicyclic) bond motifs is 12. The maximum Gasteiger partial charge on any atom is 0.138 e. The third-order valence-electron chi connectivity index (χ3n) is 15.8. The molecule has 2 aromatic heterocycles. The van der Waals surface area contributed by atoms with Gasteiger partial charge in [-0.15, -0.1) is 0 Å². The maximum atomic E-state index is 5.43. The lowest BCUT2D eigenvalue weighted by atomic mass is 9.64. The van der Waals surface area contributed by atoms with Crippen molar-refractivity contribution in [1.29, 1.82) is 0 Å². The van der Waals surface area contributed by atoms with E-state index in [-0.39, 0.29) is 0 Å². The zero-order valence-corrected chi connectivity index (χ0v) is 41.0. The lowest BCUT2D eigenvalue weighted by molar-refractivity contribution is 0.753. The Morgan fingerprint density at radius 1 is 0.280 bits per heavy atom. The van der Waals surface area contributed by atoms with Gasteiger partial charge in [-0.05, 0) is 139 Å². The van der Waals surface area contributed by atoms with Gasteiger partial charge in [0.1, 0.15) is 5.82 Å². The van der Waals surface area contributed by atoms with Gasteiger partial charge in [0.15, 0.2) is 0 Å². The predicted molar refractivity (Wildman–Crippen MR) is 311 cm³/mol. The number of anilines is 3. The summed E-state index contributed by atoms with van der Waals surface area (Å²) in [5.74, 6) is 0.882. The van der Waals surface area contributed by atoms with Gasteiger partial charge in [0.05, 0.1) is 33.5 Å². The number of nitrogens with zero attached hydrogens (tertiary/aromatic N) is 3.